The fourth-order valence-electron chi connectivity index (χ4n) is 3.04. The Bertz CT molecular complexity index is 1220. The quantitative estimate of drug-likeness (QED) is 0.397. The lowest BCUT2D eigenvalue weighted by Crippen LogP contribution is -2.13. The highest BCUT2D eigenvalue weighted by molar-refractivity contribution is 7.38. The van der Waals surface area contributed by atoms with Crippen molar-refractivity contribution >= 4 is 43.8 Å². The molecule has 2 aromatic carbocycles. The maximum atomic E-state index is 12.9. The van der Waals surface area contributed by atoms with Crippen LogP contribution in [0.15, 0.2) is 84.2 Å². The van der Waals surface area contributed by atoms with Gasteiger partial charge in [-0.15, -0.1) is 22.7 Å². The molecule has 3 aromatic heterocycles. The van der Waals surface area contributed by atoms with E-state index in [1.165, 1.54) is 11.3 Å². The van der Waals surface area contributed by atoms with Gasteiger partial charge in [-0.25, -0.2) is 4.68 Å². The van der Waals surface area contributed by atoms with Gasteiger partial charge in [0.25, 0.3) is 5.91 Å². The highest BCUT2D eigenvalue weighted by Crippen LogP contribution is 2.31. The Morgan fingerprint density at radius 3 is 2.43 bits per heavy atom. The molecular formula is C22H15N3OS2. The number of nitrogens with zero attached hydrogens (tertiary/aromatic N) is 2. The lowest BCUT2D eigenvalue weighted by molar-refractivity contribution is 0.103. The van der Waals surface area contributed by atoms with Crippen LogP contribution in [0.3, 0.4) is 0 Å². The predicted octanol–water partition coefficient (Wildman–Crippen LogP) is 6.07. The molecule has 0 radical (unpaired) electrons. The first-order valence-electron chi connectivity index (χ1n) is 8.77. The van der Waals surface area contributed by atoms with Gasteiger partial charge < -0.3 is 5.32 Å². The van der Waals surface area contributed by atoms with Crippen molar-refractivity contribution in [3.05, 3.63) is 89.1 Å². The normalized spacial score (nSPS) is 11.0. The van der Waals surface area contributed by atoms with Crippen molar-refractivity contribution in [1.82, 2.24) is 9.78 Å². The predicted molar refractivity (Wildman–Crippen MR) is 117 cm³/mol. The van der Waals surface area contributed by atoms with Gasteiger partial charge in [0.15, 0.2) is 0 Å². The second-order valence-corrected chi connectivity index (χ2v) is 8.48. The average molecular weight is 402 g/mol. The van der Waals surface area contributed by atoms with Crippen molar-refractivity contribution in [2.24, 2.45) is 0 Å². The van der Waals surface area contributed by atoms with E-state index in [2.05, 4.69) is 5.32 Å². The van der Waals surface area contributed by atoms with Crippen molar-refractivity contribution in [3.8, 4) is 16.9 Å². The number of aromatic nitrogens is 2. The summed E-state index contributed by atoms with van der Waals surface area (Å²) in [5, 5.41) is 10.9. The number of hydrogen-bond acceptors (Lipinski definition) is 4. The zero-order valence-corrected chi connectivity index (χ0v) is 16.3. The molecule has 0 spiro atoms. The Morgan fingerprint density at radius 2 is 1.68 bits per heavy atom. The van der Waals surface area contributed by atoms with Gasteiger partial charge in [0, 0.05) is 17.0 Å². The van der Waals surface area contributed by atoms with Crippen LogP contribution in [0.5, 0.6) is 0 Å². The van der Waals surface area contributed by atoms with Gasteiger partial charge in [-0.1, -0.05) is 48.5 Å². The Labute approximate surface area is 169 Å². The second-order valence-electron chi connectivity index (χ2n) is 6.26. The third-order valence-corrected chi connectivity index (χ3v) is 6.60. The Morgan fingerprint density at radius 1 is 0.929 bits per heavy atom. The van der Waals surface area contributed by atoms with E-state index in [4.69, 9.17) is 5.10 Å². The molecule has 0 aliphatic heterocycles. The number of anilines is 1. The molecule has 5 aromatic rings. The van der Waals surface area contributed by atoms with Crippen LogP contribution in [0.1, 0.15) is 9.67 Å². The van der Waals surface area contributed by atoms with Gasteiger partial charge in [0.2, 0.25) is 0 Å². The van der Waals surface area contributed by atoms with Crippen LogP contribution in [0.2, 0.25) is 0 Å². The zero-order valence-electron chi connectivity index (χ0n) is 14.7. The lowest BCUT2D eigenvalue weighted by atomic mass is 10.1. The summed E-state index contributed by atoms with van der Waals surface area (Å²) in [5.41, 5.74) is 2.71. The number of fused-ring (bicyclic) bond motifs is 1. The van der Waals surface area contributed by atoms with Gasteiger partial charge in [-0.3, -0.25) is 4.79 Å². The van der Waals surface area contributed by atoms with Crippen molar-refractivity contribution in [3.63, 3.8) is 0 Å². The summed E-state index contributed by atoms with van der Waals surface area (Å²) in [6.07, 6.45) is 0. The number of rotatable bonds is 4. The van der Waals surface area contributed by atoms with Crippen molar-refractivity contribution in [1.29, 1.82) is 0 Å². The molecule has 0 aliphatic rings. The maximum absolute atomic E-state index is 12.9. The molecule has 1 amide bonds. The molecular weight excluding hydrogens is 386 g/mol. The number of nitrogens with one attached hydrogen (secondary N) is 1. The highest BCUT2D eigenvalue weighted by atomic mass is 32.2. The monoisotopic (exact) mass is 401 g/mol. The minimum Gasteiger partial charge on any atom is -0.306 e. The first-order valence-corrected chi connectivity index (χ1v) is 10.5. The van der Waals surface area contributed by atoms with Crippen LogP contribution in [0.25, 0.3) is 26.3 Å². The molecule has 0 aliphatic carbocycles. The van der Waals surface area contributed by atoms with Crippen LogP contribution in [-0.2, 0) is 0 Å². The topological polar surface area (TPSA) is 46.9 Å². The molecule has 0 bridgehead atoms. The molecule has 28 heavy (non-hydrogen) atoms. The summed E-state index contributed by atoms with van der Waals surface area (Å²) in [6.45, 7) is 0. The molecule has 5 rings (SSSR count). The minimum atomic E-state index is -0.120. The number of thiophene rings is 2. The number of para-hydroxylation sites is 1. The molecule has 136 valence electrons. The molecule has 0 atom stereocenters. The first kappa shape index (κ1) is 16.9. The molecule has 3 heterocycles. The largest absolute Gasteiger partial charge is 0.306 e. The smallest absolute Gasteiger partial charge is 0.266 e. The van der Waals surface area contributed by atoms with Crippen molar-refractivity contribution in [2.75, 3.05) is 5.32 Å². The Kier molecular flexibility index (Phi) is 4.27. The van der Waals surface area contributed by atoms with Crippen LogP contribution >= 0.6 is 22.7 Å². The van der Waals surface area contributed by atoms with Gasteiger partial charge in [-0.05, 0) is 29.6 Å². The van der Waals surface area contributed by atoms with Crippen molar-refractivity contribution < 1.29 is 4.79 Å². The SMILES string of the molecule is O=C(Nc1cc(-c2ccccc2)nn1-c1ccccc1)c1cc2ccsc2s1. The minimum absolute atomic E-state index is 0.120. The number of carbonyl (C=O) groups excluding carboxylic acids is 1. The van der Waals surface area contributed by atoms with Crippen LogP contribution in [0.4, 0.5) is 5.82 Å². The third-order valence-electron chi connectivity index (χ3n) is 4.39. The lowest BCUT2D eigenvalue weighted by Gasteiger charge is -2.07. The van der Waals surface area contributed by atoms with Crippen molar-refractivity contribution in [2.45, 2.75) is 0 Å². The van der Waals surface area contributed by atoms with E-state index in [1.807, 2.05) is 84.2 Å². The first-order chi connectivity index (χ1) is 13.8. The summed E-state index contributed by atoms with van der Waals surface area (Å²) in [7, 11) is 0. The molecule has 0 saturated heterocycles. The molecule has 0 unspecified atom stereocenters. The van der Waals surface area contributed by atoms with E-state index >= 15 is 0 Å². The van der Waals surface area contributed by atoms with Gasteiger partial charge in [-0.2, -0.15) is 5.10 Å². The fraction of sp³-hybridized carbons (Fsp3) is 0. The summed E-state index contributed by atoms with van der Waals surface area (Å²) >= 11 is 3.17. The number of carbonyl (C=O) groups is 1. The van der Waals surface area contributed by atoms with E-state index in [0.29, 0.717) is 10.7 Å². The summed E-state index contributed by atoms with van der Waals surface area (Å²) in [6, 6.07) is 25.7. The summed E-state index contributed by atoms with van der Waals surface area (Å²) in [5.74, 6) is 0.525. The number of benzene rings is 2. The maximum Gasteiger partial charge on any atom is 0.266 e. The average Bonchev–Trinajstić information content (AvgIpc) is 3.44. The van der Waals surface area contributed by atoms with Crippen LogP contribution < -0.4 is 5.32 Å². The van der Waals surface area contributed by atoms with Gasteiger partial charge >= 0.3 is 0 Å². The molecule has 4 nitrogen and oxygen atoms in total. The van der Waals surface area contributed by atoms with Crippen LogP contribution in [0, 0.1) is 0 Å². The molecule has 6 heteroatoms. The molecule has 0 saturated carbocycles. The molecule has 1 N–H and O–H groups in total. The number of amides is 1. The Hall–Kier alpha value is -3.22. The number of hydrogen-bond donors (Lipinski definition) is 1. The van der Waals surface area contributed by atoms with E-state index in [9.17, 15) is 4.79 Å². The van der Waals surface area contributed by atoms with E-state index < -0.39 is 0 Å². The van der Waals surface area contributed by atoms with E-state index in [1.54, 1.807) is 16.0 Å². The van der Waals surface area contributed by atoms with E-state index in [0.717, 1.165) is 26.3 Å². The summed E-state index contributed by atoms with van der Waals surface area (Å²) < 4.78 is 2.93. The fourth-order valence-corrected chi connectivity index (χ4v) is 5.05. The van der Waals surface area contributed by atoms with Gasteiger partial charge in [0.1, 0.15) is 5.82 Å². The van der Waals surface area contributed by atoms with E-state index in [-0.39, 0.29) is 5.91 Å². The standard InChI is InChI=1S/C22H15N3OS2/c26-21(19-13-16-11-12-27-22(16)28-19)23-20-14-18(15-7-3-1-4-8-15)24-25(20)17-9-5-2-6-10-17/h1-14H,(H,23,26). The molecule has 0 fully saturated rings. The van der Waals surface area contributed by atoms with Gasteiger partial charge in [0.05, 0.1) is 20.3 Å². The second kappa shape index (κ2) is 7.07. The highest BCUT2D eigenvalue weighted by Gasteiger charge is 2.16. The van der Waals surface area contributed by atoms with Crippen LogP contribution in [-0.4, -0.2) is 15.7 Å². The summed E-state index contributed by atoms with van der Waals surface area (Å²) in [4.78, 5) is 13.6. The zero-order chi connectivity index (χ0) is 18.9. The third kappa shape index (κ3) is 3.13. The Balaban J connectivity index is 1.54.